The molecule has 26 heavy (non-hydrogen) atoms. The van der Waals surface area contributed by atoms with Crippen LogP contribution in [-0.4, -0.2) is 32.6 Å². The van der Waals surface area contributed by atoms with Gasteiger partial charge in [-0.3, -0.25) is 0 Å². The summed E-state index contributed by atoms with van der Waals surface area (Å²) in [5.41, 5.74) is 1.45. The van der Waals surface area contributed by atoms with Crippen molar-refractivity contribution in [3.63, 3.8) is 0 Å². The highest BCUT2D eigenvalue weighted by atomic mass is 32.2. The lowest BCUT2D eigenvalue weighted by atomic mass is 10.1. The van der Waals surface area contributed by atoms with Crippen LogP contribution in [0, 0.1) is 5.92 Å². The Balaban J connectivity index is 2.22. The molecule has 0 radical (unpaired) electrons. The maximum Gasteiger partial charge on any atom is 0.335 e. The third kappa shape index (κ3) is 5.57. The monoisotopic (exact) mass is 376 g/mol. The minimum absolute atomic E-state index is 0.0499. The summed E-state index contributed by atoms with van der Waals surface area (Å²) >= 11 is 0. The molecule has 140 valence electrons. The first-order valence-corrected chi connectivity index (χ1v) is 9.92. The Morgan fingerprint density at radius 1 is 1.12 bits per heavy atom. The summed E-state index contributed by atoms with van der Waals surface area (Å²) in [6.45, 7) is 4.61. The van der Waals surface area contributed by atoms with Gasteiger partial charge in [0, 0.05) is 13.1 Å². The molecule has 0 spiro atoms. The molecule has 0 aliphatic rings. The molecule has 0 aliphatic carbocycles. The molecule has 7 heteroatoms. The third-order valence-corrected chi connectivity index (χ3v) is 5.24. The summed E-state index contributed by atoms with van der Waals surface area (Å²) in [7, 11) is -3.81. The average Bonchev–Trinajstić information content (AvgIpc) is 2.61. The van der Waals surface area contributed by atoms with Gasteiger partial charge < -0.3 is 10.4 Å². The zero-order chi connectivity index (χ0) is 19.2. The molecule has 2 rings (SSSR count). The molecule has 2 aromatic carbocycles. The van der Waals surface area contributed by atoms with Crippen LogP contribution >= 0.6 is 0 Å². The lowest BCUT2D eigenvalue weighted by molar-refractivity contribution is 0.0696. The van der Waals surface area contributed by atoms with Gasteiger partial charge in [-0.1, -0.05) is 44.2 Å². The minimum atomic E-state index is -3.81. The van der Waals surface area contributed by atoms with Gasteiger partial charge in [0.15, 0.2) is 0 Å². The molecule has 0 unspecified atom stereocenters. The van der Waals surface area contributed by atoms with Gasteiger partial charge in [-0.05, 0) is 36.1 Å². The number of aromatic carboxylic acids is 1. The van der Waals surface area contributed by atoms with Gasteiger partial charge in [-0.25, -0.2) is 17.9 Å². The summed E-state index contributed by atoms with van der Waals surface area (Å²) < 4.78 is 27.8. The van der Waals surface area contributed by atoms with Crippen LogP contribution in [-0.2, 0) is 16.4 Å². The van der Waals surface area contributed by atoms with Crippen LogP contribution in [0.2, 0.25) is 0 Å². The number of anilines is 1. The number of nitrogens with one attached hydrogen (secondary N) is 2. The van der Waals surface area contributed by atoms with Crippen LogP contribution in [0.1, 0.15) is 29.8 Å². The Morgan fingerprint density at radius 2 is 1.81 bits per heavy atom. The van der Waals surface area contributed by atoms with E-state index in [1.165, 1.54) is 18.2 Å². The minimum Gasteiger partial charge on any atom is -0.478 e. The highest BCUT2D eigenvalue weighted by molar-refractivity contribution is 7.89. The van der Waals surface area contributed by atoms with Gasteiger partial charge in [0.2, 0.25) is 10.0 Å². The van der Waals surface area contributed by atoms with E-state index in [9.17, 15) is 18.3 Å². The number of hydrogen-bond acceptors (Lipinski definition) is 4. The zero-order valence-electron chi connectivity index (χ0n) is 14.9. The van der Waals surface area contributed by atoms with Crippen molar-refractivity contribution in [1.82, 2.24) is 4.72 Å². The van der Waals surface area contributed by atoms with Crippen molar-refractivity contribution >= 4 is 21.7 Å². The number of sulfonamides is 1. The van der Waals surface area contributed by atoms with Crippen LogP contribution in [0.4, 0.5) is 5.69 Å². The van der Waals surface area contributed by atoms with Crippen LogP contribution < -0.4 is 10.0 Å². The molecule has 0 heterocycles. The van der Waals surface area contributed by atoms with Crippen molar-refractivity contribution in [3.8, 4) is 0 Å². The molecule has 2 aromatic rings. The third-order valence-electron chi connectivity index (χ3n) is 3.77. The Hall–Kier alpha value is -2.38. The van der Waals surface area contributed by atoms with Crippen molar-refractivity contribution in [2.45, 2.75) is 25.2 Å². The second kappa shape index (κ2) is 8.82. The topological polar surface area (TPSA) is 95.5 Å². The van der Waals surface area contributed by atoms with E-state index in [0.717, 1.165) is 12.0 Å². The van der Waals surface area contributed by atoms with Gasteiger partial charge in [0.05, 0.1) is 11.3 Å². The van der Waals surface area contributed by atoms with E-state index in [2.05, 4.69) is 10.0 Å². The molecular weight excluding hydrogens is 352 g/mol. The van der Waals surface area contributed by atoms with Gasteiger partial charge in [-0.2, -0.15) is 0 Å². The second-order valence-corrected chi connectivity index (χ2v) is 8.16. The van der Waals surface area contributed by atoms with Crippen LogP contribution in [0.25, 0.3) is 0 Å². The molecular formula is C19H24N2O4S. The van der Waals surface area contributed by atoms with E-state index < -0.39 is 16.0 Å². The number of carboxylic acids is 1. The van der Waals surface area contributed by atoms with Gasteiger partial charge in [-0.15, -0.1) is 0 Å². The first-order chi connectivity index (χ1) is 12.3. The van der Waals surface area contributed by atoms with Crippen LogP contribution in [0.15, 0.2) is 53.4 Å². The number of benzene rings is 2. The molecule has 3 N–H and O–H groups in total. The first-order valence-electron chi connectivity index (χ1n) is 8.44. The molecule has 0 bridgehead atoms. The van der Waals surface area contributed by atoms with Crippen molar-refractivity contribution in [3.05, 3.63) is 59.7 Å². The van der Waals surface area contributed by atoms with E-state index in [1.54, 1.807) is 0 Å². The lowest BCUT2D eigenvalue weighted by Gasteiger charge is -2.15. The van der Waals surface area contributed by atoms with Crippen LogP contribution in [0.3, 0.4) is 0 Å². The number of hydrogen-bond donors (Lipinski definition) is 3. The normalized spacial score (nSPS) is 11.5. The maximum atomic E-state index is 12.6. The Morgan fingerprint density at radius 3 is 2.42 bits per heavy atom. The van der Waals surface area contributed by atoms with E-state index in [4.69, 9.17) is 0 Å². The molecule has 0 aliphatic heterocycles. The summed E-state index contributed by atoms with van der Waals surface area (Å²) in [5, 5.41) is 12.3. The highest BCUT2D eigenvalue weighted by Crippen LogP contribution is 2.23. The van der Waals surface area contributed by atoms with Crippen molar-refractivity contribution < 1.29 is 18.3 Å². The molecule has 0 amide bonds. The number of carboxylic acid groups (broad SMARTS) is 1. The predicted molar refractivity (Wildman–Crippen MR) is 102 cm³/mol. The summed E-state index contributed by atoms with van der Waals surface area (Å²) in [5.74, 6) is -1.02. The quantitative estimate of drug-likeness (QED) is 0.625. The predicted octanol–water partition coefficient (Wildman–Crippen LogP) is 2.97. The molecule has 0 atom stereocenters. The molecule has 6 nitrogen and oxygen atoms in total. The van der Waals surface area contributed by atoms with Crippen molar-refractivity contribution in [2.24, 2.45) is 5.92 Å². The first kappa shape index (κ1) is 19.9. The SMILES string of the molecule is CC(C)CNS(=O)(=O)c1cc(C(=O)O)ccc1NCCc1ccccc1. The molecule has 0 saturated heterocycles. The van der Waals surface area contributed by atoms with E-state index in [-0.39, 0.29) is 22.9 Å². The Bertz CT molecular complexity index is 849. The summed E-state index contributed by atoms with van der Waals surface area (Å²) in [6, 6.07) is 13.9. The van der Waals surface area contributed by atoms with Crippen molar-refractivity contribution in [2.75, 3.05) is 18.4 Å². The summed E-state index contributed by atoms with van der Waals surface area (Å²) in [6.07, 6.45) is 0.723. The van der Waals surface area contributed by atoms with E-state index in [1.807, 2.05) is 44.2 Å². The Labute approximate surface area is 154 Å². The fourth-order valence-electron chi connectivity index (χ4n) is 2.36. The number of carbonyl (C=O) groups is 1. The smallest absolute Gasteiger partial charge is 0.335 e. The van der Waals surface area contributed by atoms with Gasteiger partial charge in [0.25, 0.3) is 0 Å². The van der Waals surface area contributed by atoms with Gasteiger partial charge in [0.1, 0.15) is 4.90 Å². The second-order valence-electron chi connectivity index (χ2n) is 6.42. The number of rotatable bonds is 9. The summed E-state index contributed by atoms with van der Waals surface area (Å²) in [4.78, 5) is 11.2. The van der Waals surface area contributed by atoms with E-state index >= 15 is 0 Å². The molecule has 0 aromatic heterocycles. The lowest BCUT2D eigenvalue weighted by Crippen LogP contribution is -2.28. The fourth-order valence-corrected chi connectivity index (χ4v) is 3.78. The maximum absolute atomic E-state index is 12.6. The Kier molecular flexibility index (Phi) is 6.76. The molecule has 0 saturated carbocycles. The average molecular weight is 376 g/mol. The zero-order valence-corrected chi connectivity index (χ0v) is 15.7. The highest BCUT2D eigenvalue weighted by Gasteiger charge is 2.21. The van der Waals surface area contributed by atoms with Crippen LogP contribution in [0.5, 0.6) is 0 Å². The van der Waals surface area contributed by atoms with Crippen molar-refractivity contribution in [1.29, 1.82) is 0 Å². The molecule has 0 fully saturated rings. The van der Waals surface area contributed by atoms with E-state index in [0.29, 0.717) is 12.2 Å². The largest absolute Gasteiger partial charge is 0.478 e. The standard InChI is InChI=1S/C19H24N2O4S/c1-14(2)13-21-26(24,25)18-12-16(19(22)23)8-9-17(18)20-11-10-15-6-4-3-5-7-15/h3-9,12,14,20-21H,10-11,13H2,1-2H3,(H,22,23). The fraction of sp³-hybridized carbons (Fsp3) is 0.316. The van der Waals surface area contributed by atoms with Gasteiger partial charge >= 0.3 is 5.97 Å².